The van der Waals surface area contributed by atoms with Gasteiger partial charge in [0.05, 0.1) is 19.2 Å². The van der Waals surface area contributed by atoms with Crippen LogP contribution in [-0.2, 0) is 14.3 Å². The molecule has 5 heteroatoms. The maximum atomic E-state index is 11.8. The molecule has 16 heavy (non-hydrogen) atoms. The van der Waals surface area contributed by atoms with Crippen LogP contribution in [0, 0.1) is 0 Å². The highest BCUT2D eigenvalue weighted by molar-refractivity contribution is 5.69. The molecule has 0 aromatic carbocycles. The Morgan fingerprint density at radius 2 is 2.06 bits per heavy atom. The van der Waals surface area contributed by atoms with Crippen LogP contribution in [0.3, 0.4) is 0 Å². The van der Waals surface area contributed by atoms with Crippen molar-refractivity contribution in [3.63, 3.8) is 0 Å². The van der Waals surface area contributed by atoms with Crippen molar-refractivity contribution in [1.29, 1.82) is 0 Å². The van der Waals surface area contributed by atoms with Gasteiger partial charge in [-0.15, -0.1) is 0 Å². The standard InChI is InChI=1S/C11H19NO4/c1-8-5-12(6-9(7-13)15-8)10(14)16-11(2,3)4/h7-9H,5-6H2,1-4H3/t8-,9+/m0/s1. The fourth-order valence-corrected chi connectivity index (χ4v) is 1.54. The molecule has 2 atom stereocenters. The van der Waals surface area contributed by atoms with Crippen LogP contribution in [0.1, 0.15) is 27.7 Å². The van der Waals surface area contributed by atoms with E-state index in [1.165, 1.54) is 4.90 Å². The molecule has 0 spiro atoms. The number of amides is 1. The first-order valence-corrected chi connectivity index (χ1v) is 5.40. The molecule has 1 saturated heterocycles. The van der Waals surface area contributed by atoms with Crippen molar-refractivity contribution in [2.75, 3.05) is 13.1 Å². The molecule has 0 N–H and O–H groups in total. The molecule has 1 heterocycles. The second-order valence-electron chi connectivity index (χ2n) is 5.01. The fourth-order valence-electron chi connectivity index (χ4n) is 1.54. The second kappa shape index (κ2) is 4.82. The van der Waals surface area contributed by atoms with Gasteiger partial charge >= 0.3 is 6.09 Å². The van der Waals surface area contributed by atoms with E-state index < -0.39 is 17.8 Å². The predicted molar refractivity (Wildman–Crippen MR) is 58.2 cm³/mol. The van der Waals surface area contributed by atoms with Gasteiger partial charge in [-0.05, 0) is 27.7 Å². The lowest BCUT2D eigenvalue weighted by Gasteiger charge is -2.35. The van der Waals surface area contributed by atoms with Gasteiger partial charge < -0.3 is 19.2 Å². The van der Waals surface area contributed by atoms with E-state index in [-0.39, 0.29) is 12.6 Å². The van der Waals surface area contributed by atoms with E-state index in [2.05, 4.69) is 0 Å². The van der Waals surface area contributed by atoms with Gasteiger partial charge in [0, 0.05) is 0 Å². The predicted octanol–water partition coefficient (Wildman–Crippen LogP) is 1.21. The van der Waals surface area contributed by atoms with Crippen molar-refractivity contribution in [3.8, 4) is 0 Å². The number of hydrogen-bond acceptors (Lipinski definition) is 4. The summed E-state index contributed by atoms with van der Waals surface area (Å²) < 4.78 is 10.6. The van der Waals surface area contributed by atoms with E-state index in [0.717, 1.165) is 0 Å². The molecular formula is C11H19NO4. The molecule has 1 aliphatic rings. The first-order valence-electron chi connectivity index (χ1n) is 5.40. The lowest BCUT2D eigenvalue weighted by Crippen LogP contribution is -2.51. The Hall–Kier alpha value is -1.10. The molecule has 5 nitrogen and oxygen atoms in total. The molecule has 1 aliphatic heterocycles. The summed E-state index contributed by atoms with van der Waals surface area (Å²) in [6.07, 6.45) is -0.366. The first-order chi connectivity index (χ1) is 7.31. The van der Waals surface area contributed by atoms with Gasteiger partial charge in [-0.2, -0.15) is 0 Å². The average Bonchev–Trinajstić information content (AvgIpc) is 2.14. The van der Waals surface area contributed by atoms with E-state index in [9.17, 15) is 9.59 Å². The molecule has 0 bridgehead atoms. The molecule has 0 saturated carbocycles. The van der Waals surface area contributed by atoms with Gasteiger partial charge in [0.25, 0.3) is 0 Å². The Labute approximate surface area is 95.7 Å². The zero-order valence-corrected chi connectivity index (χ0v) is 10.2. The van der Waals surface area contributed by atoms with Gasteiger partial charge in [0.15, 0.2) is 6.29 Å². The van der Waals surface area contributed by atoms with Crippen LogP contribution in [-0.4, -0.2) is 48.2 Å². The number of carbonyl (C=O) groups is 2. The normalized spacial score (nSPS) is 26.4. The lowest BCUT2D eigenvalue weighted by atomic mass is 10.2. The minimum absolute atomic E-state index is 0.142. The molecule has 1 amide bonds. The lowest BCUT2D eigenvalue weighted by molar-refractivity contribution is -0.130. The van der Waals surface area contributed by atoms with Crippen LogP contribution >= 0.6 is 0 Å². The van der Waals surface area contributed by atoms with E-state index in [1.54, 1.807) is 0 Å². The Kier molecular flexibility index (Phi) is 3.91. The first kappa shape index (κ1) is 13.0. The fraction of sp³-hybridized carbons (Fsp3) is 0.818. The summed E-state index contributed by atoms with van der Waals surface area (Å²) in [5.41, 5.74) is -0.519. The number of morpholine rings is 1. The third-order valence-corrected chi connectivity index (χ3v) is 2.09. The van der Waals surface area contributed by atoms with Crippen molar-refractivity contribution >= 4 is 12.4 Å². The van der Waals surface area contributed by atoms with Crippen LogP contribution in [0.5, 0.6) is 0 Å². The third-order valence-electron chi connectivity index (χ3n) is 2.09. The molecule has 0 aromatic heterocycles. The van der Waals surface area contributed by atoms with Crippen molar-refractivity contribution in [2.24, 2.45) is 0 Å². The third kappa shape index (κ3) is 3.81. The van der Waals surface area contributed by atoms with E-state index in [0.29, 0.717) is 12.8 Å². The Bertz CT molecular complexity index is 272. The highest BCUT2D eigenvalue weighted by Crippen LogP contribution is 2.15. The van der Waals surface area contributed by atoms with Gasteiger partial charge in [-0.25, -0.2) is 4.79 Å². The van der Waals surface area contributed by atoms with E-state index in [4.69, 9.17) is 9.47 Å². The molecule has 0 radical (unpaired) electrons. The molecule has 0 aliphatic carbocycles. The summed E-state index contributed by atoms with van der Waals surface area (Å²) in [7, 11) is 0. The van der Waals surface area contributed by atoms with Crippen molar-refractivity contribution in [3.05, 3.63) is 0 Å². The van der Waals surface area contributed by atoms with Gasteiger partial charge in [-0.3, -0.25) is 0 Å². The highest BCUT2D eigenvalue weighted by Gasteiger charge is 2.30. The van der Waals surface area contributed by atoms with Crippen LogP contribution in [0.25, 0.3) is 0 Å². The molecule has 0 unspecified atom stereocenters. The quantitative estimate of drug-likeness (QED) is 0.634. The van der Waals surface area contributed by atoms with Gasteiger partial charge in [0.1, 0.15) is 11.7 Å². The number of carbonyl (C=O) groups excluding carboxylic acids is 2. The molecule has 1 fully saturated rings. The Balaban J connectivity index is 2.58. The second-order valence-corrected chi connectivity index (χ2v) is 5.01. The summed E-state index contributed by atoms with van der Waals surface area (Å²) in [5.74, 6) is 0. The van der Waals surface area contributed by atoms with Gasteiger partial charge in [-0.1, -0.05) is 0 Å². The van der Waals surface area contributed by atoms with Crippen molar-refractivity contribution in [1.82, 2.24) is 4.90 Å². The van der Waals surface area contributed by atoms with Crippen LogP contribution < -0.4 is 0 Å². The zero-order valence-electron chi connectivity index (χ0n) is 10.2. The maximum Gasteiger partial charge on any atom is 0.410 e. The van der Waals surface area contributed by atoms with Crippen LogP contribution in [0.2, 0.25) is 0 Å². The molecular weight excluding hydrogens is 210 g/mol. The summed E-state index contributed by atoms with van der Waals surface area (Å²) in [6.45, 7) is 7.99. The number of rotatable bonds is 1. The van der Waals surface area contributed by atoms with E-state index >= 15 is 0 Å². The summed E-state index contributed by atoms with van der Waals surface area (Å²) in [4.78, 5) is 23.9. The van der Waals surface area contributed by atoms with E-state index in [1.807, 2.05) is 27.7 Å². The molecule has 92 valence electrons. The van der Waals surface area contributed by atoms with Crippen molar-refractivity contribution in [2.45, 2.75) is 45.5 Å². The Morgan fingerprint density at radius 3 is 2.56 bits per heavy atom. The number of ether oxygens (including phenoxy) is 2. The van der Waals surface area contributed by atoms with Gasteiger partial charge in [0.2, 0.25) is 0 Å². The number of nitrogens with zero attached hydrogens (tertiary/aromatic N) is 1. The summed E-state index contributed by atoms with van der Waals surface area (Å²) >= 11 is 0. The monoisotopic (exact) mass is 229 g/mol. The topological polar surface area (TPSA) is 55.8 Å². The molecule has 0 aromatic rings. The minimum atomic E-state index is -0.545. The van der Waals surface area contributed by atoms with Crippen LogP contribution in [0.15, 0.2) is 0 Å². The maximum absolute atomic E-state index is 11.8. The largest absolute Gasteiger partial charge is 0.444 e. The van der Waals surface area contributed by atoms with Crippen molar-refractivity contribution < 1.29 is 19.1 Å². The minimum Gasteiger partial charge on any atom is -0.444 e. The SMILES string of the molecule is C[C@H]1CN(C(=O)OC(C)(C)C)C[C@H](C=O)O1. The highest BCUT2D eigenvalue weighted by atomic mass is 16.6. The molecule has 1 rings (SSSR count). The number of aldehydes is 1. The number of hydrogen-bond donors (Lipinski definition) is 0. The summed E-state index contributed by atoms with van der Waals surface area (Å²) in [6, 6.07) is 0. The van der Waals surface area contributed by atoms with Crippen LogP contribution in [0.4, 0.5) is 4.79 Å². The summed E-state index contributed by atoms with van der Waals surface area (Å²) in [5, 5.41) is 0. The average molecular weight is 229 g/mol. The zero-order chi connectivity index (χ0) is 12.3. The Morgan fingerprint density at radius 1 is 1.44 bits per heavy atom. The smallest absolute Gasteiger partial charge is 0.410 e.